The lowest BCUT2D eigenvalue weighted by atomic mass is 10.0. The van der Waals surface area contributed by atoms with Crippen molar-refractivity contribution in [3.63, 3.8) is 0 Å². The maximum atomic E-state index is 12.9. The van der Waals surface area contributed by atoms with E-state index in [0.717, 1.165) is 16.3 Å². The third-order valence-corrected chi connectivity index (χ3v) is 4.67. The van der Waals surface area contributed by atoms with Gasteiger partial charge in [-0.3, -0.25) is 0 Å². The average molecular weight is 372 g/mol. The minimum atomic E-state index is -4.46. The second kappa shape index (κ2) is 6.57. The van der Waals surface area contributed by atoms with Gasteiger partial charge >= 0.3 is 6.18 Å². The summed E-state index contributed by atoms with van der Waals surface area (Å²) in [5.74, 6) is 0.679. The topological polar surface area (TPSA) is 37.8 Å². The first-order chi connectivity index (χ1) is 11.3. The van der Waals surface area contributed by atoms with E-state index in [1.54, 1.807) is 6.07 Å². The molecule has 1 N–H and O–H groups in total. The summed E-state index contributed by atoms with van der Waals surface area (Å²) in [7, 11) is 0. The number of hydrogen-bond acceptors (Lipinski definition) is 4. The van der Waals surface area contributed by atoms with Gasteiger partial charge < -0.3 is 5.32 Å². The van der Waals surface area contributed by atoms with Crippen molar-refractivity contribution in [3.05, 3.63) is 52.1 Å². The number of benzene rings is 1. The fraction of sp³-hybridized carbons (Fsp3) is 0.250. The van der Waals surface area contributed by atoms with Crippen LogP contribution in [0.5, 0.6) is 0 Å². The first-order valence-corrected chi connectivity index (χ1v) is 8.40. The molecule has 0 radical (unpaired) electrons. The molecule has 0 aliphatic rings. The largest absolute Gasteiger partial charge is 0.417 e. The predicted molar refractivity (Wildman–Crippen MR) is 90.7 cm³/mol. The van der Waals surface area contributed by atoms with Crippen molar-refractivity contribution < 1.29 is 13.2 Å². The number of aromatic nitrogens is 2. The molecule has 0 saturated carbocycles. The molecular weight excluding hydrogens is 359 g/mol. The fourth-order valence-electron chi connectivity index (χ4n) is 2.46. The number of rotatable bonds is 4. The number of alkyl halides is 3. The summed E-state index contributed by atoms with van der Waals surface area (Å²) in [6, 6.07) is 5.80. The lowest BCUT2D eigenvalue weighted by Gasteiger charge is -2.16. The first-order valence-electron chi connectivity index (χ1n) is 7.15. The number of nitrogens with one attached hydrogen (secondary N) is 1. The minimum absolute atomic E-state index is 0.106. The van der Waals surface area contributed by atoms with Crippen LogP contribution in [0.3, 0.4) is 0 Å². The van der Waals surface area contributed by atoms with Gasteiger partial charge in [0.05, 0.1) is 16.0 Å². The first kappa shape index (κ1) is 17.0. The highest BCUT2D eigenvalue weighted by molar-refractivity contribution is 7.16. The van der Waals surface area contributed by atoms with Crippen LogP contribution in [0.4, 0.5) is 19.0 Å². The molecular formula is C16H13ClF3N3S. The predicted octanol–water partition coefficient (Wildman–Crippen LogP) is 5.41. The van der Waals surface area contributed by atoms with Gasteiger partial charge in [0.25, 0.3) is 0 Å². The lowest BCUT2D eigenvalue weighted by molar-refractivity contribution is -0.137. The van der Waals surface area contributed by atoms with Gasteiger partial charge in [-0.15, -0.1) is 11.3 Å². The SMILES string of the molecule is CC(Cc1ccc(Cl)c(C(F)(F)F)c1)Nc1ncnc2sccc12. The van der Waals surface area contributed by atoms with Crippen molar-refractivity contribution in [1.82, 2.24) is 9.97 Å². The number of halogens is 4. The molecule has 0 saturated heterocycles. The maximum Gasteiger partial charge on any atom is 0.417 e. The van der Waals surface area contributed by atoms with Crippen LogP contribution in [0, 0.1) is 0 Å². The Balaban J connectivity index is 1.78. The van der Waals surface area contributed by atoms with Crippen molar-refractivity contribution >= 4 is 39.0 Å². The van der Waals surface area contributed by atoms with E-state index in [9.17, 15) is 13.2 Å². The van der Waals surface area contributed by atoms with Crippen LogP contribution >= 0.6 is 22.9 Å². The second-order valence-electron chi connectivity index (χ2n) is 5.42. The van der Waals surface area contributed by atoms with E-state index in [4.69, 9.17) is 11.6 Å². The van der Waals surface area contributed by atoms with Crippen molar-refractivity contribution in [1.29, 1.82) is 0 Å². The van der Waals surface area contributed by atoms with Crippen molar-refractivity contribution in [2.45, 2.75) is 25.6 Å². The van der Waals surface area contributed by atoms with Crippen LogP contribution in [-0.2, 0) is 12.6 Å². The Morgan fingerprint density at radius 1 is 1.25 bits per heavy atom. The third-order valence-electron chi connectivity index (χ3n) is 3.52. The highest BCUT2D eigenvalue weighted by Crippen LogP contribution is 2.35. The molecule has 2 aromatic heterocycles. The summed E-state index contributed by atoms with van der Waals surface area (Å²) >= 11 is 7.16. The molecule has 3 rings (SSSR count). The third kappa shape index (κ3) is 3.62. The summed E-state index contributed by atoms with van der Waals surface area (Å²) in [6.45, 7) is 1.89. The lowest BCUT2D eigenvalue weighted by Crippen LogP contribution is -2.19. The zero-order chi connectivity index (χ0) is 17.3. The molecule has 126 valence electrons. The Morgan fingerprint density at radius 2 is 2.04 bits per heavy atom. The van der Waals surface area contributed by atoms with Gasteiger partial charge in [0, 0.05) is 6.04 Å². The van der Waals surface area contributed by atoms with E-state index in [-0.39, 0.29) is 11.1 Å². The monoisotopic (exact) mass is 371 g/mol. The molecule has 0 fully saturated rings. The number of nitrogens with zero attached hydrogens (tertiary/aromatic N) is 2. The van der Waals surface area contributed by atoms with Crippen LogP contribution in [-0.4, -0.2) is 16.0 Å². The second-order valence-corrected chi connectivity index (χ2v) is 6.72. The maximum absolute atomic E-state index is 12.9. The van der Waals surface area contributed by atoms with Crippen molar-refractivity contribution in [2.24, 2.45) is 0 Å². The van der Waals surface area contributed by atoms with E-state index in [1.807, 2.05) is 18.4 Å². The molecule has 0 aliphatic carbocycles. The van der Waals surface area contributed by atoms with E-state index >= 15 is 0 Å². The number of fused-ring (bicyclic) bond motifs is 1. The molecule has 0 aliphatic heterocycles. The van der Waals surface area contributed by atoms with Crippen LogP contribution in [0.15, 0.2) is 36.0 Å². The van der Waals surface area contributed by atoms with Gasteiger partial charge in [0.2, 0.25) is 0 Å². The van der Waals surface area contributed by atoms with Gasteiger partial charge in [-0.05, 0) is 42.5 Å². The van der Waals surface area contributed by atoms with E-state index < -0.39 is 11.7 Å². The standard InChI is InChI=1S/C16H13ClF3N3S/c1-9(23-14-11-4-5-24-15(11)22-8-21-14)6-10-2-3-13(17)12(7-10)16(18,19)20/h2-5,7-9H,6H2,1H3,(H,21,22,23). The summed E-state index contributed by atoms with van der Waals surface area (Å²) in [5.41, 5.74) is -0.251. The summed E-state index contributed by atoms with van der Waals surface area (Å²) in [5, 5.41) is 5.77. The molecule has 24 heavy (non-hydrogen) atoms. The Labute approximate surface area is 145 Å². The Hall–Kier alpha value is -1.86. The number of hydrogen-bond donors (Lipinski definition) is 1. The van der Waals surface area contributed by atoms with E-state index in [2.05, 4.69) is 15.3 Å². The summed E-state index contributed by atoms with van der Waals surface area (Å²) < 4.78 is 38.8. The van der Waals surface area contributed by atoms with Crippen LogP contribution in [0.1, 0.15) is 18.1 Å². The zero-order valence-electron chi connectivity index (χ0n) is 12.6. The van der Waals surface area contributed by atoms with Crippen LogP contribution < -0.4 is 5.32 Å². The molecule has 3 aromatic rings. The minimum Gasteiger partial charge on any atom is -0.367 e. The highest BCUT2D eigenvalue weighted by Gasteiger charge is 2.33. The molecule has 0 bridgehead atoms. The molecule has 1 unspecified atom stereocenters. The zero-order valence-corrected chi connectivity index (χ0v) is 14.1. The molecule has 0 spiro atoms. The van der Waals surface area contributed by atoms with Gasteiger partial charge in [-0.2, -0.15) is 13.2 Å². The normalized spacial score (nSPS) is 13.2. The fourth-order valence-corrected chi connectivity index (χ4v) is 3.42. The van der Waals surface area contributed by atoms with Gasteiger partial charge in [-0.1, -0.05) is 17.7 Å². The molecule has 1 aromatic carbocycles. The molecule has 1 atom stereocenters. The van der Waals surface area contributed by atoms with E-state index in [0.29, 0.717) is 17.8 Å². The quantitative estimate of drug-likeness (QED) is 0.666. The highest BCUT2D eigenvalue weighted by atomic mass is 35.5. The summed E-state index contributed by atoms with van der Waals surface area (Å²) in [4.78, 5) is 9.25. The van der Waals surface area contributed by atoms with Gasteiger partial charge in [-0.25, -0.2) is 9.97 Å². The Morgan fingerprint density at radius 3 is 2.79 bits per heavy atom. The Bertz CT molecular complexity index is 863. The van der Waals surface area contributed by atoms with Gasteiger partial charge in [0.15, 0.2) is 0 Å². The average Bonchev–Trinajstić information content (AvgIpc) is 2.97. The number of anilines is 1. The molecule has 3 nitrogen and oxygen atoms in total. The van der Waals surface area contributed by atoms with Crippen molar-refractivity contribution in [2.75, 3.05) is 5.32 Å². The van der Waals surface area contributed by atoms with E-state index in [1.165, 1.54) is 23.7 Å². The van der Waals surface area contributed by atoms with Crippen LogP contribution in [0.2, 0.25) is 5.02 Å². The number of thiophene rings is 1. The molecule has 0 amide bonds. The van der Waals surface area contributed by atoms with Crippen molar-refractivity contribution in [3.8, 4) is 0 Å². The Kier molecular flexibility index (Phi) is 4.64. The van der Waals surface area contributed by atoms with Crippen LogP contribution in [0.25, 0.3) is 10.2 Å². The summed E-state index contributed by atoms with van der Waals surface area (Å²) in [6.07, 6.45) is -2.58. The molecule has 2 heterocycles. The smallest absolute Gasteiger partial charge is 0.367 e. The molecule has 8 heteroatoms. The van der Waals surface area contributed by atoms with Gasteiger partial charge in [0.1, 0.15) is 17.0 Å².